The van der Waals surface area contributed by atoms with Crippen LogP contribution < -0.4 is 21.5 Å². The number of amides is 1. The first-order chi connectivity index (χ1) is 12.5. The number of hydrogen-bond donors (Lipinski definition) is 3. The number of hydrogen-bond acceptors (Lipinski definition) is 5. The van der Waals surface area contributed by atoms with Crippen molar-refractivity contribution in [2.45, 2.75) is 39.3 Å². The number of rotatable bonds is 4. The monoisotopic (exact) mass is 372 g/mol. The maximum atomic E-state index is 12.3. The third kappa shape index (κ3) is 5.88. The number of fused-ring (bicyclic) bond motifs is 1. The summed E-state index contributed by atoms with van der Waals surface area (Å²) in [5, 5.41) is 3.97. The van der Waals surface area contributed by atoms with Crippen LogP contribution >= 0.6 is 0 Å². The molecule has 2 aromatic rings. The van der Waals surface area contributed by atoms with Gasteiger partial charge in [0.2, 0.25) is 0 Å². The van der Waals surface area contributed by atoms with Gasteiger partial charge in [-0.3, -0.25) is 0 Å². The van der Waals surface area contributed by atoms with Crippen LogP contribution in [0.3, 0.4) is 0 Å². The number of ether oxygens (including phenoxy) is 2. The van der Waals surface area contributed by atoms with Gasteiger partial charge in [0.15, 0.2) is 5.96 Å². The van der Waals surface area contributed by atoms with Crippen LogP contribution in [0.25, 0.3) is 10.8 Å². The number of alkyl carbamates (subject to hydrolysis) is 1. The first-order valence-electron chi connectivity index (χ1n) is 8.39. The Labute approximate surface area is 157 Å². The van der Waals surface area contributed by atoms with E-state index >= 15 is 0 Å². The zero-order valence-electron chi connectivity index (χ0n) is 15.8. The average Bonchev–Trinajstić information content (AvgIpc) is 2.52. The number of nitrogens with two attached hydrogens (primary N) is 2. The summed E-state index contributed by atoms with van der Waals surface area (Å²) in [6, 6.07) is 9.62. The second-order valence-electron chi connectivity index (χ2n) is 6.99. The lowest BCUT2D eigenvalue weighted by Crippen LogP contribution is -2.43. The Hall–Kier alpha value is -3.29. The molecule has 0 aliphatic carbocycles. The zero-order chi connectivity index (χ0) is 20.2. The number of nitrogens with one attached hydrogen (secondary N) is 1. The molecule has 0 aromatic heterocycles. The fourth-order valence-electron chi connectivity index (χ4n) is 2.29. The summed E-state index contributed by atoms with van der Waals surface area (Å²) in [5.41, 5.74) is 10.7. The molecule has 5 N–H and O–H groups in total. The molecule has 8 nitrogen and oxygen atoms in total. The fraction of sp³-hybridized carbons (Fsp3) is 0.316. The highest BCUT2D eigenvalue weighted by atomic mass is 16.6. The van der Waals surface area contributed by atoms with Gasteiger partial charge in [0.05, 0.1) is 5.69 Å². The molecule has 0 bridgehead atoms. The van der Waals surface area contributed by atoms with E-state index in [1.165, 1.54) is 6.92 Å². The third-order valence-electron chi connectivity index (χ3n) is 3.38. The van der Waals surface area contributed by atoms with E-state index in [1.807, 2.05) is 6.07 Å². The van der Waals surface area contributed by atoms with Crippen molar-refractivity contribution >= 4 is 34.5 Å². The maximum Gasteiger partial charge on any atom is 0.408 e. The molecule has 0 aliphatic rings. The first-order valence-corrected chi connectivity index (χ1v) is 8.39. The van der Waals surface area contributed by atoms with Gasteiger partial charge in [-0.05, 0) is 57.3 Å². The van der Waals surface area contributed by atoms with Crippen molar-refractivity contribution in [3.63, 3.8) is 0 Å². The molecule has 1 atom stereocenters. The fourth-order valence-corrected chi connectivity index (χ4v) is 2.29. The highest BCUT2D eigenvalue weighted by Crippen LogP contribution is 2.29. The van der Waals surface area contributed by atoms with Crippen LogP contribution in [0.15, 0.2) is 41.4 Å². The Kier molecular flexibility index (Phi) is 5.89. The van der Waals surface area contributed by atoms with E-state index in [-0.39, 0.29) is 5.96 Å². The van der Waals surface area contributed by atoms with Gasteiger partial charge in [-0.1, -0.05) is 12.1 Å². The molecule has 8 heteroatoms. The van der Waals surface area contributed by atoms with E-state index in [9.17, 15) is 9.59 Å². The van der Waals surface area contributed by atoms with E-state index in [4.69, 9.17) is 20.9 Å². The smallest absolute Gasteiger partial charge is 0.408 e. The summed E-state index contributed by atoms with van der Waals surface area (Å²) < 4.78 is 10.6. The maximum absolute atomic E-state index is 12.3. The Bertz CT molecular complexity index is 883. The lowest BCUT2D eigenvalue weighted by Gasteiger charge is -2.21. The molecule has 27 heavy (non-hydrogen) atoms. The Morgan fingerprint density at radius 2 is 1.85 bits per heavy atom. The molecule has 0 fully saturated rings. The molecule has 0 heterocycles. The summed E-state index contributed by atoms with van der Waals surface area (Å²) in [7, 11) is 0. The standard InChI is InChI=1S/C19H24N4O4/c1-11(22-18(25)27-19(2,3)4)16(24)26-15-7-5-6-12-10-13(23-17(20)21)8-9-14(12)15/h5-11H,1-4H3,(H,22,25)(H4,20,21,23)/t11-/m0/s1. The van der Waals surface area contributed by atoms with Crippen molar-refractivity contribution in [1.29, 1.82) is 0 Å². The summed E-state index contributed by atoms with van der Waals surface area (Å²) in [6.45, 7) is 6.74. The topological polar surface area (TPSA) is 129 Å². The van der Waals surface area contributed by atoms with Gasteiger partial charge < -0.3 is 26.3 Å². The SMILES string of the molecule is C[C@H](NC(=O)OC(C)(C)C)C(=O)Oc1cccc2cc(N=C(N)N)ccc12. The minimum absolute atomic E-state index is 0.0426. The first kappa shape index (κ1) is 20.0. The normalized spacial score (nSPS) is 12.1. The highest BCUT2D eigenvalue weighted by molar-refractivity contribution is 5.94. The van der Waals surface area contributed by atoms with Crippen LogP contribution in [0.2, 0.25) is 0 Å². The molecule has 2 aromatic carbocycles. The molecule has 1 amide bonds. The minimum Gasteiger partial charge on any atom is -0.444 e. The molecule has 2 rings (SSSR count). The molecular formula is C19H24N4O4. The van der Waals surface area contributed by atoms with Gasteiger partial charge in [0.1, 0.15) is 17.4 Å². The van der Waals surface area contributed by atoms with Gasteiger partial charge in [-0.2, -0.15) is 0 Å². The molecular weight excluding hydrogens is 348 g/mol. The van der Waals surface area contributed by atoms with Crippen molar-refractivity contribution in [3.8, 4) is 5.75 Å². The number of guanidine groups is 1. The van der Waals surface area contributed by atoms with Crippen LogP contribution in [-0.2, 0) is 9.53 Å². The Balaban J connectivity index is 2.14. The van der Waals surface area contributed by atoms with E-state index in [2.05, 4.69) is 10.3 Å². The quantitative estimate of drug-likeness (QED) is 0.327. The van der Waals surface area contributed by atoms with Gasteiger partial charge in [0, 0.05) is 5.39 Å². The number of aliphatic imine (C=N–C) groups is 1. The number of carbonyl (C=O) groups excluding carboxylic acids is 2. The van der Waals surface area contributed by atoms with Crippen molar-refractivity contribution in [3.05, 3.63) is 36.4 Å². The Morgan fingerprint density at radius 1 is 1.15 bits per heavy atom. The van der Waals surface area contributed by atoms with Crippen LogP contribution in [0.5, 0.6) is 5.75 Å². The molecule has 0 spiro atoms. The summed E-state index contributed by atoms with van der Waals surface area (Å²) >= 11 is 0. The largest absolute Gasteiger partial charge is 0.444 e. The highest BCUT2D eigenvalue weighted by Gasteiger charge is 2.22. The summed E-state index contributed by atoms with van der Waals surface area (Å²) in [4.78, 5) is 28.1. The second-order valence-corrected chi connectivity index (χ2v) is 6.99. The molecule has 0 saturated carbocycles. The summed E-state index contributed by atoms with van der Waals surface area (Å²) in [6.07, 6.45) is -0.688. The van der Waals surface area contributed by atoms with Crippen LogP contribution in [0.1, 0.15) is 27.7 Å². The van der Waals surface area contributed by atoms with Crippen LogP contribution in [0, 0.1) is 0 Å². The van der Waals surface area contributed by atoms with Gasteiger partial charge in [0.25, 0.3) is 0 Å². The van der Waals surface area contributed by atoms with E-state index in [1.54, 1.807) is 51.1 Å². The van der Waals surface area contributed by atoms with E-state index in [0.29, 0.717) is 16.8 Å². The minimum atomic E-state index is -0.879. The second kappa shape index (κ2) is 7.94. The molecule has 0 radical (unpaired) electrons. The van der Waals surface area contributed by atoms with Crippen molar-refractivity contribution in [2.24, 2.45) is 16.5 Å². The van der Waals surface area contributed by atoms with E-state index < -0.39 is 23.7 Å². The predicted octanol–water partition coefficient (Wildman–Crippen LogP) is 2.56. The number of benzene rings is 2. The number of carbonyl (C=O) groups is 2. The molecule has 0 unspecified atom stereocenters. The number of nitrogens with zero attached hydrogens (tertiary/aromatic N) is 1. The number of esters is 1. The molecule has 0 saturated heterocycles. The van der Waals surface area contributed by atoms with Crippen LogP contribution in [0.4, 0.5) is 10.5 Å². The predicted molar refractivity (Wildman–Crippen MR) is 104 cm³/mol. The van der Waals surface area contributed by atoms with E-state index in [0.717, 1.165) is 5.39 Å². The van der Waals surface area contributed by atoms with Crippen molar-refractivity contribution in [1.82, 2.24) is 5.32 Å². The molecule has 0 aliphatic heterocycles. The van der Waals surface area contributed by atoms with Gasteiger partial charge in [-0.15, -0.1) is 0 Å². The average molecular weight is 372 g/mol. The van der Waals surface area contributed by atoms with Crippen molar-refractivity contribution < 1.29 is 19.1 Å². The lowest BCUT2D eigenvalue weighted by molar-refractivity contribution is -0.136. The Morgan fingerprint density at radius 3 is 2.48 bits per heavy atom. The third-order valence-corrected chi connectivity index (χ3v) is 3.38. The van der Waals surface area contributed by atoms with Crippen LogP contribution in [-0.4, -0.2) is 29.7 Å². The summed E-state index contributed by atoms with van der Waals surface area (Å²) in [5.74, 6) is -0.285. The zero-order valence-corrected chi connectivity index (χ0v) is 15.8. The molecule has 144 valence electrons. The van der Waals surface area contributed by atoms with Crippen molar-refractivity contribution in [2.75, 3.05) is 0 Å². The van der Waals surface area contributed by atoms with Gasteiger partial charge in [-0.25, -0.2) is 14.6 Å². The van der Waals surface area contributed by atoms with Gasteiger partial charge >= 0.3 is 12.1 Å². The lowest BCUT2D eigenvalue weighted by atomic mass is 10.1.